The Morgan fingerprint density at radius 2 is 2.17 bits per heavy atom. The van der Waals surface area contributed by atoms with Gasteiger partial charge in [0.2, 0.25) is 0 Å². The quantitative estimate of drug-likeness (QED) is 0.897. The molecule has 0 fully saturated rings. The van der Waals surface area contributed by atoms with Crippen molar-refractivity contribution in [2.24, 2.45) is 0 Å². The molecule has 3 rings (SSSR count). The van der Waals surface area contributed by atoms with Crippen LogP contribution in [0.2, 0.25) is 0 Å². The summed E-state index contributed by atoms with van der Waals surface area (Å²) >= 11 is 0.873. The van der Waals surface area contributed by atoms with E-state index in [2.05, 4.69) is 4.98 Å². The summed E-state index contributed by atoms with van der Waals surface area (Å²) in [6, 6.07) is 4.98. The first-order valence-electron chi connectivity index (χ1n) is 6.63. The van der Waals surface area contributed by atoms with E-state index in [4.69, 9.17) is 4.74 Å². The largest absolute Gasteiger partial charge is 0.482 e. The fourth-order valence-corrected chi connectivity index (χ4v) is 2.78. The van der Waals surface area contributed by atoms with Crippen molar-refractivity contribution in [3.8, 4) is 17.0 Å². The van der Waals surface area contributed by atoms with E-state index < -0.39 is 12.1 Å². The highest BCUT2D eigenvalue weighted by Gasteiger charge is 2.39. The maximum atomic E-state index is 12.2. The number of hydrogen-bond donors (Lipinski definition) is 1. The Hall–Kier alpha value is -2.62. The van der Waals surface area contributed by atoms with Crippen molar-refractivity contribution >= 4 is 34.0 Å². The monoisotopic (exact) mass is 357 g/mol. The zero-order valence-electron chi connectivity index (χ0n) is 12.2. The van der Waals surface area contributed by atoms with Crippen LogP contribution < -0.4 is 15.0 Å². The number of anilines is 2. The molecule has 10 heteroatoms. The van der Waals surface area contributed by atoms with Crippen LogP contribution in [0.4, 0.5) is 24.0 Å². The molecule has 1 aliphatic heterocycles. The number of rotatable bonds is 2. The van der Waals surface area contributed by atoms with E-state index in [1.54, 1.807) is 30.6 Å². The third kappa shape index (κ3) is 3.04. The van der Waals surface area contributed by atoms with Crippen molar-refractivity contribution in [1.82, 2.24) is 4.98 Å². The molecule has 1 aliphatic rings. The molecular formula is C14H10F3N3O3S. The zero-order valence-corrected chi connectivity index (χ0v) is 13.0. The Bertz CT molecular complexity index is 819. The standard InChI is InChI=1S/C14H10F3N3O3S/c1-20-9-4-7(2-3-10(9)23-5-11(20)21)8-6-24-13(18-8)19-12(22)14(15,16)17/h2-4,6H,5H2,1H3,(H,18,19,22). The number of aromatic nitrogens is 1. The minimum atomic E-state index is -4.97. The van der Waals surface area contributed by atoms with Crippen LogP contribution in [-0.2, 0) is 9.59 Å². The molecule has 0 bridgehead atoms. The number of hydrogen-bond acceptors (Lipinski definition) is 5. The Balaban J connectivity index is 1.86. The average molecular weight is 357 g/mol. The first kappa shape index (κ1) is 16.2. The molecule has 2 amide bonds. The summed E-state index contributed by atoms with van der Waals surface area (Å²) < 4.78 is 42.0. The summed E-state index contributed by atoms with van der Waals surface area (Å²) in [6.45, 7) is -0.0484. The average Bonchev–Trinajstić information content (AvgIpc) is 2.98. The van der Waals surface area contributed by atoms with E-state index >= 15 is 0 Å². The lowest BCUT2D eigenvalue weighted by Gasteiger charge is -2.26. The van der Waals surface area contributed by atoms with Gasteiger partial charge < -0.3 is 9.64 Å². The molecular weight excluding hydrogens is 347 g/mol. The maximum Gasteiger partial charge on any atom is 0.471 e. The topological polar surface area (TPSA) is 71.5 Å². The number of halogens is 3. The number of alkyl halides is 3. The Kier molecular flexibility index (Phi) is 3.91. The van der Waals surface area contributed by atoms with Crippen molar-refractivity contribution in [2.75, 3.05) is 23.9 Å². The second-order valence-corrected chi connectivity index (χ2v) is 5.77. The van der Waals surface area contributed by atoms with Crippen molar-refractivity contribution in [2.45, 2.75) is 6.18 Å². The highest BCUT2D eigenvalue weighted by atomic mass is 32.1. The van der Waals surface area contributed by atoms with E-state index in [1.165, 1.54) is 10.3 Å². The number of nitrogens with zero attached hydrogens (tertiary/aromatic N) is 2. The van der Waals surface area contributed by atoms with Gasteiger partial charge in [-0.05, 0) is 18.2 Å². The van der Waals surface area contributed by atoms with E-state index in [9.17, 15) is 22.8 Å². The van der Waals surface area contributed by atoms with Crippen LogP contribution in [0.5, 0.6) is 5.75 Å². The molecule has 0 unspecified atom stereocenters. The third-order valence-corrected chi connectivity index (χ3v) is 4.08. The molecule has 1 aromatic heterocycles. The Morgan fingerprint density at radius 3 is 2.88 bits per heavy atom. The number of benzene rings is 1. The van der Waals surface area contributed by atoms with Gasteiger partial charge in [0.05, 0.1) is 11.4 Å². The second kappa shape index (κ2) is 5.78. The van der Waals surface area contributed by atoms with Crippen LogP contribution >= 0.6 is 11.3 Å². The minimum Gasteiger partial charge on any atom is -0.482 e. The first-order chi connectivity index (χ1) is 11.3. The van der Waals surface area contributed by atoms with Crippen molar-refractivity contribution < 1.29 is 27.5 Å². The second-order valence-electron chi connectivity index (χ2n) is 4.91. The molecule has 24 heavy (non-hydrogen) atoms. The highest BCUT2D eigenvalue weighted by Crippen LogP contribution is 2.36. The maximum absolute atomic E-state index is 12.2. The lowest BCUT2D eigenvalue weighted by molar-refractivity contribution is -0.167. The molecule has 0 saturated heterocycles. The molecule has 0 spiro atoms. The van der Waals surface area contributed by atoms with Crippen molar-refractivity contribution in [3.63, 3.8) is 0 Å². The Labute approximate surface area is 137 Å². The number of fused-ring (bicyclic) bond motifs is 1. The molecule has 126 valence electrons. The van der Waals surface area contributed by atoms with Crippen LogP contribution in [0.1, 0.15) is 0 Å². The molecule has 2 heterocycles. The summed E-state index contributed by atoms with van der Waals surface area (Å²) in [5.41, 5.74) is 1.51. The molecule has 0 aliphatic carbocycles. The number of carbonyl (C=O) groups excluding carboxylic acids is 2. The number of likely N-dealkylation sites (N-methyl/N-ethyl adjacent to an activating group) is 1. The normalized spacial score (nSPS) is 14.2. The molecule has 0 atom stereocenters. The molecule has 0 saturated carbocycles. The van der Waals surface area contributed by atoms with Gasteiger partial charge >= 0.3 is 12.1 Å². The van der Waals surface area contributed by atoms with Crippen molar-refractivity contribution in [1.29, 1.82) is 0 Å². The van der Waals surface area contributed by atoms with Crippen molar-refractivity contribution in [3.05, 3.63) is 23.6 Å². The van der Waals surface area contributed by atoms with E-state index in [0.29, 0.717) is 22.7 Å². The van der Waals surface area contributed by atoms with E-state index in [0.717, 1.165) is 11.3 Å². The summed E-state index contributed by atoms with van der Waals surface area (Å²) in [5, 5.41) is 3.06. The van der Waals surface area contributed by atoms with E-state index in [-0.39, 0.29) is 17.6 Å². The fraction of sp³-hybridized carbons (Fsp3) is 0.214. The predicted molar refractivity (Wildman–Crippen MR) is 81.1 cm³/mol. The molecule has 2 aromatic rings. The van der Waals surface area contributed by atoms with Gasteiger partial charge in [0, 0.05) is 18.0 Å². The van der Waals surface area contributed by atoms with Gasteiger partial charge in [-0.3, -0.25) is 14.9 Å². The number of ether oxygens (including phenoxy) is 1. The third-order valence-electron chi connectivity index (χ3n) is 3.32. The molecule has 1 aromatic carbocycles. The lowest BCUT2D eigenvalue weighted by atomic mass is 10.1. The summed E-state index contributed by atoms with van der Waals surface area (Å²) in [6.07, 6.45) is -4.97. The van der Waals surface area contributed by atoms with Crippen LogP contribution in [-0.4, -0.2) is 36.6 Å². The Morgan fingerprint density at radius 1 is 1.42 bits per heavy atom. The van der Waals surface area contributed by atoms with Crippen LogP contribution in [0.25, 0.3) is 11.3 Å². The van der Waals surface area contributed by atoms with Gasteiger partial charge in [-0.1, -0.05) is 0 Å². The first-order valence-corrected chi connectivity index (χ1v) is 7.51. The lowest BCUT2D eigenvalue weighted by Crippen LogP contribution is -2.35. The zero-order chi connectivity index (χ0) is 17.5. The fourth-order valence-electron chi connectivity index (χ4n) is 2.06. The van der Waals surface area contributed by atoms with Crippen LogP contribution in [0.15, 0.2) is 23.6 Å². The minimum absolute atomic E-state index is 0.0484. The molecule has 6 nitrogen and oxygen atoms in total. The van der Waals surface area contributed by atoms with Crippen LogP contribution in [0, 0.1) is 0 Å². The van der Waals surface area contributed by atoms with Gasteiger partial charge in [0.25, 0.3) is 5.91 Å². The van der Waals surface area contributed by atoms with Crippen LogP contribution in [0.3, 0.4) is 0 Å². The molecule has 1 N–H and O–H groups in total. The highest BCUT2D eigenvalue weighted by molar-refractivity contribution is 7.14. The summed E-state index contributed by atoms with van der Waals surface area (Å²) in [7, 11) is 1.60. The van der Waals surface area contributed by atoms with Gasteiger partial charge in [0.1, 0.15) is 5.75 Å². The number of amides is 2. The molecule has 0 radical (unpaired) electrons. The number of nitrogens with one attached hydrogen (secondary N) is 1. The number of thiazole rings is 1. The summed E-state index contributed by atoms with van der Waals surface area (Å²) in [5.74, 6) is -1.76. The van der Waals surface area contributed by atoms with Gasteiger partial charge in [0.15, 0.2) is 11.7 Å². The van der Waals surface area contributed by atoms with E-state index in [1.807, 2.05) is 0 Å². The van der Waals surface area contributed by atoms with Gasteiger partial charge in [-0.15, -0.1) is 11.3 Å². The summed E-state index contributed by atoms with van der Waals surface area (Å²) in [4.78, 5) is 28.0. The van der Waals surface area contributed by atoms with Gasteiger partial charge in [-0.25, -0.2) is 4.98 Å². The SMILES string of the molecule is CN1C(=O)COc2ccc(-c3csc(NC(=O)C(F)(F)F)n3)cc21. The number of carbonyl (C=O) groups is 2. The van der Waals surface area contributed by atoms with Gasteiger partial charge in [-0.2, -0.15) is 13.2 Å². The predicted octanol–water partition coefficient (Wildman–Crippen LogP) is 2.67. The smallest absolute Gasteiger partial charge is 0.471 e.